The van der Waals surface area contributed by atoms with Crippen LogP contribution < -0.4 is 14.8 Å². The highest BCUT2D eigenvalue weighted by Gasteiger charge is 2.40. The minimum Gasteiger partial charge on any atom is -0.460 e. The third-order valence-electron chi connectivity index (χ3n) is 6.82. The number of aromatic amines is 1. The van der Waals surface area contributed by atoms with Crippen LogP contribution >= 0.6 is 0 Å². The van der Waals surface area contributed by atoms with Gasteiger partial charge in [-0.3, -0.25) is 4.79 Å². The molecule has 4 aromatic rings. The van der Waals surface area contributed by atoms with E-state index in [0.29, 0.717) is 41.2 Å². The molecule has 2 unspecified atom stereocenters. The minimum atomic E-state index is -0.851. The number of nitrogens with zero attached hydrogens (tertiary/aromatic N) is 3. The van der Waals surface area contributed by atoms with Crippen LogP contribution in [0.1, 0.15) is 34.7 Å². The van der Waals surface area contributed by atoms with E-state index in [2.05, 4.69) is 26.3 Å². The highest BCUT2D eigenvalue weighted by atomic mass is 16.7. The summed E-state index contributed by atoms with van der Waals surface area (Å²) >= 11 is 0. The molecule has 2 atom stereocenters. The van der Waals surface area contributed by atoms with E-state index in [-0.39, 0.29) is 13.4 Å². The van der Waals surface area contributed by atoms with Crippen LogP contribution in [-0.2, 0) is 22.6 Å². The highest BCUT2D eigenvalue weighted by Crippen LogP contribution is 2.34. The quantitative estimate of drug-likeness (QED) is 0.345. The number of amides is 2. The van der Waals surface area contributed by atoms with Crippen molar-refractivity contribution in [1.29, 1.82) is 5.26 Å². The van der Waals surface area contributed by atoms with E-state index >= 15 is 0 Å². The van der Waals surface area contributed by atoms with Gasteiger partial charge in [0.25, 0.3) is 0 Å². The number of hydrogen-bond donors (Lipinski definition) is 2. The number of ether oxygens (including phenoxy) is 3. The number of fused-ring (bicyclic) bond motifs is 2. The Kier molecular flexibility index (Phi) is 6.39. The van der Waals surface area contributed by atoms with Crippen LogP contribution in [0.5, 0.6) is 11.5 Å². The topological polar surface area (TPSA) is 139 Å². The molecule has 2 N–H and O–H groups in total. The van der Waals surface area contributed by atoms with Crippen molar-refractivity contribution in [1.82, 2.24) is 15.3 Å². The number of carbonyl (C=O) groups excluding carboxylic acids is 2. The predicted molar refractivity (Wildman–Crippen MR) is 140 cm³/mol. The second-order valence-electron chi connectivity index (χ2n) is 9.29. The van der Waals surface area contributed by atoms with Crippen molar-refractivity contribution < 1.29 is 23.8 Å². The highest BCUT2D eigenvalue weighted by molar-refractivity contribution is 6.09. The fourth-order valence-electron chi connectivity index (χ4n) is 4.89. The summed E-state index contributed by atoms with van der Waals surface area (Å²) in [6.07, 6.45) is 2.48. The molecule has 3 heterocycles. The molecule has 0 saturated carbocycles. The summed E-state index contributed by atoms with van der Waals surface area (Å²) < 4.78 is 16.6. The van der Waals surface area contributed by atoms with Gasteiger partial charge >= 0.3 is 12.0 Å². The second-order valence-corrected chi connectivity index (χ2v) is 9.29. The van der Waals surface area contributed by atoms with Crippen molar-refractivity contribution in [2.75, 3.05) is 6.79 Å². The number of rotatable bonds is 7. The van der Waals surface area contributed by atoms with Gasteiger partial charge in [-0.1, -0.05) is 24.3 Å². The predicted octanol–water partition coefficient (Wildman–Crippen LogP) is 4.36. The lowest BCUT2D eigenvalue weighted by atomic mass is 9.85. The van der Waals surface area contributed by atoms with Gasteiger partial charge in [-0.15, -0.1) is 0 Å². The first kappa shape index (κ1) is 24.2. The average Bonchev–Trinajstić information content (AvgIpc) is 3.63. The summed E-state index contributed by atoms with van der Waals surface area (Å²) in [5.74, 6) is -0.0193. The zero-order valence-corrected chi connectivity index (χ0v) is 20.7. The van der Waals surface area contributed by atoms with Gasteiger partial charge in [0.2, 0.25) is 6.79 Å². The summed E-state index contributed by atoms with van der Waals surface area (Å²) in [4.78, 5) is 37.9. The smallest absolute Gasteiger partial charge is 0.341 e. The number of urea groups is 1. The number of nitriles is 1. The fourth-order valence-corrected chi connectivity index (χ4v) is 4.89. The van der Waals surface area contributed by atoms with Gasteiger partial charge in [-0.2, -0.15) is 5.26 Å². The van der Waals surface area contributed by atoms with E-state index in [1.165, 1.54) is 0 Å². The van der Waals surface area contributed by atoms with E-state index in [1.807, 2.05) is 36.4 Å². The molecule has 0 aliphatic carbocycles. The number of aryl methyl sites for hydroxylation is 1. The maximum absolute atomic E-state index is 13.6. The summed E-state index contributed by atoms with van der Waals surface area (Å²) in [5.41, 5.74) is 4.84. The number of imidazole rings is 1. The van der Waals surface area contributed by atoms with Crippen LogP contribution in [0, 0.1) is 17.2 Å². The Morgan fingerprint density at radius 2 is 1.95 bits per heavy atom. The first-order chi connectivity index (χ1) is 19.1. The van der Waals surface area contributed by atoms with Gasteiger partial charge in [0.15, 0.2) is 11.5 Å². The van der Waals surface area contributed by atoms with Crippen LogP contribution in [0.3, 0.4) is 0 Å². The first-order valence-electron chi connectivity index (χ1n) is 12.4. The molecule has 2 amide bonds. The Hall–Kier alpha value is -5.17. The van der Waals surface area contributed by atoms with E-state index in [0.717, 1.165) is 22.2 Å². The van der Waals surface area contributed by atoms with Crippen molar-refractivity contribution in [2.45, 2.75) is 25.5 Å². The van der Waals surface area contributed by atoms with Crippen molar-refractivity contribution in [2.24, 2.45) is 10.9 Å². The standard InChI is InChI=1S/C29H23N5O5/c30-13-18-2-1-3-19(10-18)14-37-28(35)26-22(7-4-17-5-9-24-25(11-17)39-16-38-24)33-29(36)34-27(26)20-6-8-21-23(12-20)32-15-31-21/h1-3,5-6,8-12,15,26-27H,4,7,14,16H2,(H,31,32)(H,34,36). The maximum Gasteiger partial charge on any atom is 0.341 e. The van der Waals surface area contributed by atoms with Gasteiger partial charge < -0.3 is 24.5 Å². The SMILES string of the molecule is N#Cc1cccc(COC(=O)C2C(CCc3ccc4c(c3)OCO4)=NC(=O)NC2c2ccc3nc[nH]c3c2)c1. The van der Waals surface area contributed by atoms with Crippen LogP contribution in [0.4, 0.5) is 4.79 Å². The number of aromatic nitrogens is 2. The molecule has 39 heavy (non-hydrogen) atoms. The number of esters is 1. The molecule has 2 aliphatic heterocycles. The Morgan fingerprint density at radius 3 is 2.85 bits per heavy atom. The molecular formula is C29H23N5O5. The lowest BCUT2D eigenvalue weighted by Crippen LogP contribution is -2.45. The molecule has 1 aromatic heterocycles. The zero-order chi connectivity index (χ0) is 26.8. The van der Waals surface area contributed by atoms with Gasteiger partial charge in [0, 0.05) is 5.71 Å². The summed E-state index contributed by atoms with van der Waals surface area (Å²) in [6, 6.07) is 19.0. The largest absolute Gasteiger partial charge is 0.460 e. The fraction of sp³-hybridized carbons (Fsp3) is 0.207. The summed E-state index contributed by atoms with van der Waals surface area (Å²) in [6.45, 7) is 0.166. The molecular weight excluding hydrogens is 498 g/mol. The second kappa shape index (κ2) is 10.3. The zero-order valence-electron chi connectivity index (χ0n) is 20.7. The molecule has 0 saturated heterocycles. The summed E-state index contributed by atoms with van der Waals surface area (Å²) in [5, 5.41) is 12.1. The average molecular weight is 522 g/mol. The van der Waals surface area contributed by atoms with Crippen LogP contribution in [0.15, 0.2) is 72.0 Å². The molecule has 0 fully saturated rings. The molecule has 0 bridgehead atoms. The number of aliphatic imine (C=N–C) groups is 1. The van der Waals surface area contributed by atoms with Crippen molar-refractivity contribution in [3.05, 3.63) is 89.2 Å². The van der Waals surface area contributed by atoms with Gasteiger partial charge in [-0.05, 0) is 65.9 Å². The van der Waals surface area contributed by atoms with Crippen molar-refractivity contribution >= 4 is 28.7 Å². The first-order valence-corrected chi connectivity index (χ1v) is 12.4. The minimum absolute atomic E-state index is 0.0133. The lowest BCUT2D eigenvalue weighted by Gasteiger charge is -2.31. The number of hydrogen-bond acceptors (Lipinski definition) is 7. The van der Waals surface area contributed by atoms with Crippen molar-refractivity contribution in [3.8, 4) is 17.6 Å². The third kappa shape index (κ3) is 5.02. The number of H-pyrrole nitrogens is 1. The molecule has 6 rings (SSSR count). The van der Waals surface area contributed by atoms with E-state index in [1.54, 1.807) is 30.6 Å². The van der Waals surface area contributed by atoms with Gasteiger partial charge in [0.05, 0.1) is 35.0 Å². The number of nitrogens with one attached hydrogen (secondary N) is 2. The van der Waals surface area contributed by atoms with Crippen LogP contribution in [-0.4, -0.2) is 34.5 Å². The van der Waals surface area contributed by atoms with E-state index in [4.69, 9.17) is 14.2 Å². The van der Waals surface area contributed by atoms with E-state index < -0.39 is 24.0 Å². The normalized spacial score (nSPS) is 17.8. The Morgan fingerprint density at radius 1 is 1.05 bits per heavy atom. The molecule has 10 nitrogen and oxygen atoms in total. The van der Waals surface area contributed by atoms with Gasteiger partial charge in [0.1, 0.15) is 12.5 Å². The van der Waals surface area contributed by atoms with Crippen molar-refractivity contribution in [3.63, 3.8) is 0 Å². The maximum atomic E-state index is 13.6. The monoisotopic (exact) mass is 521 g/mol. The molecule has 194 valence electrons. The van der Waals surface area contributed by atoms with Crippen LogP contribution in [0.25, 0.3) is 11.0 Å². The Balaban J connectivity index is 1.28. The van der Waals surface area contributed by atoms with Crippen LogP contribution in [0.2, 0.25) is 0 Å². The molecule has 0 radical (unpaired) electrons. The summed E-state index contributed by atoms with van der Waals surface area (Å²) in [7, 11) is 0. The Bertz CT molecular complexity index is 1650. The number of carbonyl (C=O) groups is 2. The molecule has 0 spiro atoms. The van der Waals surface area contributed by atoms with Gasteiger partial charge in [-0.25, -0.2) is 14.8 Å². The Labute approximate surface area is 223 Å². The van der Waals surface area contributed by atoms with E-state index in [9.17, 15) is 14.9 Å². The molecule has 3 aromatic carbocycles. The molecule has 2 aliphatic rings. The lowest BCUT2D eigenvalue weighted by molar-refractivity contribution is -0.148. The molecule has 10 heteroatoms. The third-order valence-corrected chi connectivity index (χ3v) is 6.82. The number of benzene rings is 3.